The lowest BCUT2D eigenvalue weighted by Crippen LogP contribution is -2.34. The average Bonchev–Trinajstić information content (AvgIpc) is 2.88. The Morgan fingerprint density at radius 1 is 0.706 bits per heavy atom. The van der Waals surface area contributed by atoms with E-state index in [0.29, 0.717) is 13.5 Å². The second-order valence-corrected chi connectivity index (χ2v) is 10.1. The fraction of sp³-hybridized carbons (Fsp3) is 0.357. The van der Waals surface area contributed by atoms with Gasteiger partial charge in [-0.3, -0.25) is 9.80 Å². The van der Waals surface area contributed by atoms with Gasteiger partial charge in [0, 0.05) is 54.2 Å². The first-order valence-electron chi connectivity index (χ1n) is 11.9. The summed E-state index contributed by atoms with van der Waals surface area (Å²) in [5, 5.41) is 0. The Morgan fingerprint density at radius 3 is 1.68 bits per heavy atom. The van der Waals surface area contributed by atoms with E-state index >= 15 is 0 Å². The van der Waals surface area contributed by atoms with Crippen molar-refractivity contribution in [1.82, 2.24) is 9.80 Å². The summed E-state index contributed by atoms with van der Waals surface area (Å²) < 4.78 is 12.1. The minimum Gasteiger partial charge on any atom is -0.478 e. The molecule has 2 heterocycles. The number of hydrogen-bond donors (Lipinski definition) is 2. The van der Waals surface area contributed by atoms with Gasteiger partial charge in [-0.15, -0.1) is 0 Å². The van der Waals surface area contributed by atoms with Crippen molar-refractivity contribution in [3.8, 4) is 11.5 Å². The Balaban J connectivity index is 1.58. The molecule has 3 aromatic carbocycles. The predicted octanol–water partition coefficient (Wildman–Crippen LogP) is 5.20. The Morgan fingerprint density at radius 2 is 1.21 bits per heavy atom. The third-order valence-electron chi connectivity index (χ3n) is 7.05. The number of thiol groups is 2. The average molecular weight is 493 g/mol. The molecule has 3 aromatic rings. The molecule has 5 rings (SSSR count). The maximum atomic E-state index is 6.04. The largest absolute Gasteiger partial charge is 0.478 e. The monoisotopic (exact) mass is 492 g/mol. The summed E-state index contributed by atoms with van der Waals surface area (Å²) in [5.41, 5.74) is 5.93. The van der Waals surface area contributed by atoms with Crippen LogP contribution in [0.1, 0.15) is 34.7 Å². The van der Waals surface area contributed by atoms with Crippen molar-refractivity contribution in [3.05, 3.63) is 94.5 Å². The molecule has 0 aromatic heterocycles. The molecule has 0 bridgehead atoms. The highest BCUT2D eigenvalue weighted by molar-refractivity contribution is 7.80. The zero-order valence-corrected chi connectivity index (χ0v) is 21.4. The van der Waals surface area contributed by atoms with Crippen molar-refractivity contribution >= 4 is 25.3 Å². The summed E-state index contributed by atoms with van der Waals surface area (Å²) in [5.74, 6) is 3.61. The third-order valence-corrected chi connectivity index (χ3v) is 7.45. The molecule has 34 heavy (non-hydrogen) atoms. The van der Waals surface area contributed by atoms with Crippen molar-refractivity contribution in [1.29, 1.82) is 0 Å². The molecule has 0 N–H and O–H groups in total. The van der Waals surface area contributed by atoms with E-state index in [9.17, 15) is 0 Å². The van der Waals surface area contributed by atoms with Gasteiger partial charge >= 0.3 is 0 Å². The number of fused-ring (bicyclic) bond motifs is 2. The second kappa shape index (κ2) is 10.2. The van der Waals surface area contributed by atoms with Crippen molar-refractivity contribution in [2.75, 3.05) is 38.1 Å². The SMILES string of the molecule is CC(c1ccccc1)(c1ccc2c(c1)CN(CCS)CO2)c1ccc2c(c1)CN(CCS)CO2. The van der Waals surface area contributed by atoms with Crippen LogP contribution in [0.2, 0.25) is 0 Å². The van der Waals surface area contributed by atoms with Gasteiger partial charge in [0.2, 0.25) is 0 Å². The van der Waals surface area contributed by atoms with E-state index in [1.54, 1.807) is 0 Å². The first-order valence-corrected chi connectivity index (χ1v) is 13.1. The molecule has 2 aliphatic heterocycles. The smallest absolute Gasteiger partial charge is 0.142 e. The van der Waals surface area contributed by atoms with Crippen LogP contribution in [0.15, 0.2) is 66.7 Å². The van der Waals surface area contributed by atoms with Crippen LogP contribution in [0.3, 0.4) is 0 Å². The van der Waals surface area contributed by atoms with Crippen LogP contribution in [-0.4, -0.2) is 47.9 Å². The number of rotatable bonds is 7. The van der Waals surface area contributed by atoms with Gasteiger partial charge in [0.25, 0.3) is 0 Å². The molecule has 178 valence electrons. The lowest BCUT2D eigenvalue weighted by atomic mass is 9.70. The Hall–Kier alpha value is -2.12. The van der Waals surface area contributed by atoms with Gasteiger partial charge in [-0.05, 0) is 47.9 Å². The van der Waals surface area contributed by atoms with Crippen LogP contribution >= 0.6 is 25.3 Å². The van der Waals surface area contributed by atoms with E-state index in [4.69, 9.17) is 9.47 Å². The van der Waals surface area contributed by atoms with Gasteiger partial charge in [0.15, 0.2) is 0 Å². The van der Waals surface area contributed by atoms with E-state index < -0.39 is 0 Å². The molecule has 0 saturated carbocycles. The molecule has 0 atom stereocenters. The van der Waals surface area contributed by atoms with Gasteiger partial charge in [-0.2, -0.15) is 25.3 Å². The topological polar surface area (TPSA) is 24.9 Å². The van der Waals surface area contributed by atoms with E-state index in [-0.39, 0.29) is 5.41 Å². The van der Waals surface area contributed by atoms with Crippen LogP contribution in [0.5, 0.6) is 11.5 Å². The normalized spacial score (nSPS) is 16.3. The zero-order valence-electron chi connectivity index (χ0n) is 19.6. The highest BCUT2D eigenvalue weighted by Crippen LogP contribution is 2.42. The number of benzene rings is 3. The Kier molecular flexibility index (Phi) is 7.11. The van der Waals surface area contributed by atoms with Crippen molar-refractivity contribution in [3.63, 3.8) is 0 Å². The second-order valence-electron chi connectivity index (χ2n) is 9.24. The molecule has 4 nitrogen and oxygen atoms in total. The fourth-order valence-corrected chi connectivity index (χ4v) is 5.61. The van der Waals surface area contributed by atoms with E-state index in [1.807, 2.05) is 0 Å². The number of nitrogens with zero attached hydrogens (tertiary/aromatic N) is 2. The zero-order chi connectivity index (χ0) is 23.5. The van der Waals surface area contributed by atoms with E-state index in [1.165, 1.54) is 27.8 Å². The highest BCUT2D eigenvalue weighted by Gasteiger charge is 2.33. The van der Waals surface area contributed by atoms with Gasteiger partial charge in [-0.1, -0.05) is 42.5 Å². The molecule has 2 aliphatic rings. The molecular formula is C28H32N2O2S2. The van der Waals surface area contributed by atoms with Crippen molar-refractivity contribution < 1.29 is 9.47 Å². The molecule has 6 heteroatoms. The minimum atomic E-state index is -0.317. The van der Waals surface area contributed by atoms with Crippen molar-refractivity contribution in [2.24, 2.45) is 0 Å². The molecule has 0 radical (unpaired) electrons. The standard InChI is InChI=1S/C28H32N2O2S2/c1-28(23-5-3-2-4-6-23,24-7-9-26-21(15-24)17-29(11-13-33)19-31-26)25-8-10-27-22(16-25)18-30(12-14-34)20-32-27/h2-10,15-16,33-34H,11-14,17-20H2,1H3. The molecular weight excluding hydrogens is 460 g/mol. The minimum absolute atomic E-state index is 0.317. The Bertz CT molecular complexity index is 1070. The lowest BCUT2D eigenvalue weighted by Gasteiger charge is -2.36. The maximum Gasteiger partial charge on any atom is 0.142 e. The predicted molar refractivity (Wildman–Crippen MR) is 144 cm³/mol. The van der Waals surface area contributed by atoms with Gasteiger partial charge in [0.1, 0.15) is 25.0 Å². The molecule has 0 saturated heterocycles. The molecule has 0 spiro atoms. The first-order chi connectivity index (χ1) is 16.6. The molecule has 0 aliphatic carbocycles. The van der Waals surface area contributed by atoms with Crippen LogP contribution in [0.25, 0.3) is 0 Å². The van der Waals surface area contributed by atoms with Crippen LogP contribution < -0.4 is 9.47 Å². The number of ether oxygens (including phenoxy) is 2. The summed E-state index contributed by atoms with van der Waals surface area (Å²) in [7, 11) is 0. The lowest BCUT2D eigenvalue weighted by molar-refractivity contribution is 0.102. The summed E-state index contributed by atoms with van der Waals surface area (Å²) in [6.45, 7) is 7.16. The first kappa shape index (κ1) is 23.6. The van der Waals surface area contributed by atoms with E-state index in [0.717, 1.165) is 49.2 Å². The van der Waals surface area contributed by atoms with Crippen LogP contribution in [-0.2, 0) is 18.5 Å². The summed E-state index contributed by atoms with van der Waals surface area (Å²) in [4.78, 5) is 4.59. The molecule has 0 amide bonds. The third kappa shape index (κ3) is 4.57. The summed E-state index contributed by atoms with van der Waals surface area (Å²) in [6.07, 6.45) is 0. The number of hydrogen-bond acceptors (Lipinski definition) is 6. The fourth-order valence-electron chi connectivity index (χ4n) is 5.05. The van der Waals surface area contributed by atoms with Gasteiger partial charge in [0.05, 0.1) is 0 Å². The van der Waals surface area contributed by atoms with Crippen LogP contribution in [0, 0.1) is 0 Å². The van der Waals surface area contributed by atoms with Crippen LogP contribution in [0.4, 0.5) is 0 Å². The van der Waals surface area contributed by atoms with Crippen molar-refractivity contribution in [2.45, 2.75) is 25.4 Å². The summed E-state index contributed by atoms with van der Waals surface area (Å²) in [6, 6.07) is 24.2. The quantitative estimate of drug-likeness (QED) is 0.350. The molecule has 0 fully saturated rings. The maximum absolute atomic E-state index is 6.04. The summed E-state index contributed by atoms with van der Waals surface area (Å²) >= 11 is 8.81. The molecule has 0 unspecified atom stereocenters. The highest BCUT2D eigenvalue weighted by atomic mass is 32.1. The van der Waals surface area contributed by atoms with Gasteiger partial charge in [-0.25, -0.2) is 0 Å². The van der Waals surface area contributed by atoms with Gasteiger partial charge < -0.3 is 9.47 Å². The Labute approximate surface area is 213 Å². The van der Waals surface area contributed by atoms with E-state index in [2.05, 4.69) is 109 Å².